The van der Waals surface area contributed by atoms with Gasteiger partial charge in [-0.2, -0.15) is 9.97 Å². The van der Waals surface area contributed by atoms with E-state index in [-0.39, 0.29) is 34.5 Å². The van der Waals surface area contributed by atoms with E-state index in [4.69, 9.17) is 26.8 Å². The van der Waals surface area contributed by atoms with Gasteiger partial charge >= 0.3 is 5.97 Å². The number of hydrogen-bond acceptors (Lipinski definition) is 8. The zero-order chi connectivity index (χ0) is 18.1. The molecule has 3 aromatic rings. The first-order valence-corrected chi connectivity index (χ1v) is 9.08. The van der Waals surface area contributed by atoms with Gasteiger partial charge in [-0.25, -0.2) is 9.78 Å². The molecule has 0 bridgehead atoms. The van der Waals surface area contributed by atoms with E-state index in [1.54, 1.807) is 30.6 Å². The number of thioether (sulfide) groups is 1. The molecule has 2 aromatic heterocycles. The fourth-order valence-corrected chi connectivity index (χ4v) is 3.90. The molecule has 1 fully saturated rings. The van der Waals surface area contributed by atoms with Gasteiger partial charge in [-0.3, -0.25) is 4.57 Å². The molecule has 0 aliphatic carbocycles. The van der Waals surface area contributed by atoms with Crippen molar-refractivity contribution >= 4 is 46.4 Å². The van der Waals surface area contributed by atoms with Gasteiger partial charge in [0.2, 0.25) is 5.95 Å². The number of halogens is 1. The normalized spacial score (nSPS) is 19.7. The Kier molecular flexibility index (Phi) is 4.66. The number of hydrogen-bond donors (Lipinski definition) is 1. The number of nitrogens with two attached hydrogens (primary N) is 1. The molecule has 0 saturated carbocycles. The van der Waals surface area contributed by atoms with Gasteiger partial charge in [0.05, 0.1) is 18.5 Å². The fourth-order valence-electron chi connectivity index (χ4n) is 2.59. The molecule has 1 saturated heterocycles. The molecule has 134 valence electrons. The molecule has 2 atom stereocenters. The van der Waals surface area contributed by atoms with Gasteiger partial charge in [0, 0.05) is 0 Å². The van der Waals surface area contributed by atoms with Crippen molar-refractivity contribution in [3.63, 3.8) is 0 Å². The maximum absolute atomic E-state index is 12.0. The first kappa shape index (κ1) is 17.1. The van der Waals surface area contributed by atoms with Gasteiger partial charge < -0.3 is 15.2 Å². The van der Waals surface area contributed by atoms with Crippen molar-refractivity contribution < 1.29 is 14.3 Å². The molecule has 2 N–H and O–H groups in total. The monoisotopic (exact) mass is 391 g/mol. The van der Waals surface area contributed by atoms with Crippen LogP contribution >= 0.6 is 23.4 Å². The Morgan fingerprint density at radius 2 is 2.19 bits per heavy atom. The van der Waals surface area contributed by atoms with E-state index in [2.05, 4.69) is 15.0 Å². The van der Waals surface area contributed by atoms with Gasteiger partial charge in [-0.1, -0.05) is 41.6 Å². The molecule has 1 aromatic carbocycles. The molecule has 1 aliphatic heterocycles. The molecule has 3 heterocycles. The van der Waals surface area contributed by atoms with E-state index in [0.717, 1.165) is 0 Å². The van der Waals surface area contributed by atoms with Crippen LogP contribution in [0.5, 0.6) is 0 Å². The highest BCUT2D eigenvalue weighted by molar-refractivity contribution is 8.00. The van der Waals surface area contributed by atoms with Gasteiger partial charge in [-0.05, 0) is 12.1 Å². The van der Waals surface area contributed by atoms with Crippen LogP contribution in [0.4, 0.5) is 5.95 Å². The first-order chi connectivity index (χ1) is 12.6. The molecule has 10 heteroatoms. The summed E-state index contributed by atoms with van der Waals surface area (Å²) in [7, 11) is 0. The zero-order valence-electron chi connectivity index (χ0n) is 13.4. The number of imidazole rings is 1. The lowest BCUT2D eigenvalue weighted by Gasteiger charge is -2.11. The topological polar surface area (TPSA) is 105 Å². The molecular formula is C16H14ClN5O3S. The van der Waals surface area contributed by atoms with Crippen molar-refractivity contribution in [1.29, 1.82) is 0 Å². The third-order valence-corrected chi connectivity index (χ3v) is 5.32. The lowest BCUT2D eigenvalue weighted by Crippen LogP contribution is -2.15. The van der Waals surface area contributed by atoms with E-state index >= 15 is 0 Å². The summed E-state index contributed by atoms with van der Waals surface area (Å²) in [4.78, 5) is 24.4. The Balaban J connectivity index is 1.42. The minimum atomic E-state index is -0.376. The molecule has 0 radical (unpaired) electrons. The number of benzene rings is 1. The number of anilines is 1. The van der Waals surface area contributed by atoms with E-state index in [1.165, 1.54) is 11.8 Å². The standard InChI is InChI=1S/C16H14ClN5O3S/c17-13-12-14(21-16(18)20-13)22(8-19-12)10-6-24-11(26-10)7-25-15(23)9-4-2-1-3-5-9/h1-5,8,10-11H,6-7H2,(H2,18,20,21)/t10-,11-/m0/s1. The third kappa shape index (κ3) is 3.33. The predicted molar refractivity (Wildman–Crippen MR) is 97.8 cm³/mol. The van der Waals surface area contributed by atoms with E-state index in [1.807, 2.05) is 10.6 Å². The van der Waals surface area contributed by atoms with Gasteiger partial charge in [0.25, 0.3) is 0 Å². The lowest BCUT2D eigenvalue weighted by atomic mass is 10.2. The Morgan fingerprint density at radius 3 is 3.00 bits per heavy atom. The van der Waals surface area contributed by atoms with Crippen LogP contribution in [0.1, 0.15) is 15.7 Å². The second-order valence-corrected chi connectivity index (χ2v) is 7.21. The lowest BCUT2D eigenvalue weighted by molar-refractivity contribution is 0.0274. The van der Waals surface area contributed by atoms with Crippen LogP contribution in [-0.2, 0) is 9.47 Å². The average molecular weight is 392 g/mol. The van der Waals surface area contributed by atoms with Crippen molar-refractivity contribution in [3.8, 4) is 0 Å². The fraction of sp³-hybridized carbons (Fsp3) is 0.250. The second-order valence-electron chi connectivity index (χ2n) is 5.51. The molecule has 0 amide bonds. The van der Waals surface area contributed by atoms with Crippen LogP contribution in [0.15, 0.2) is 36.7 Å². The minimum absolute atomic E-state index is 0.0780. The van der Waals surface area contributed by atoms with Crippen LogP contribution < -0.4 is 5.73 Å². The highest BCUT2D eigenvalue weighted by Crippen LogP contribution is 2.37. The molecular weight excluding hydrogens is 378 g/mol. The van der Waals surface area contributed by atoms with Crippen molar-refractivity contribution in [3.05, 3.63) is 47.4 Å². The summed E-state index contributed by atoms with van der Waals surface area (Å²) >= 11 is 7.56. The summed E-state index contributed by atoms with van der Waals surface area (Å²) < 4.78 is 12.9. The first-order valence-electron chi connectivity index (χ1n) is 7.76. The summed E-state index contributed by atoms with van der Waals surface area (Å²) in [6.07, 6.45) is 1.63. The molecule has 8 nitrogen and oxygen atoms in total. The number of fused-ring (bicyclic) bond motifs is 1. The number of carbonyl (C=O) groups excluding carboxylic acids is 1. The maximum atomic E-state index is 12.0. The van der Waals surface area contributed by atoms with Crippen LogP contribution in [0.25, 0.3) is 11.2 Å². The van der Waals surface area contributed by atoms with Gasteiger partial charge in [0.15, 0.2) is 10.8 Å². The van der Waals surface area contributed by atoms with Crippen LogP contribution in [0.3, 0.4) is 0 Å². The zero-order valence-corrected chi connectivity index (χ0v) is 15.0. The summed E-state index contributed by atoms with van der Waals surface area (Å²) in [6, 6.07) is 8.83. The average Bonchev–Trinajstić information content (AvgIpc) is 3.27. The van der Waals surface area contributed by atoms with E-state index in [0.29, 0.717) is 23.3 Å². The van der Waals surface area contributed by atoms with Crippen molar-refractivity contribution in [1.82, 2.24) is 19.5 Å². The highest BCUT2D eigenvalue weighted by atomic mass is 35.5. The second kappa shape index (κ2) is 7.10. The summed E-state index contributed by atoms with van der Waals surface area (Å²) in [5.74, 6) is -0.292. The SMILES string of the molecule is Nc1nc(Cl)c2ncn([C@@H]3CO[C@H](COC(=O)c4ccccc4)S3)c2n1. The number of nitrogen functional groups attached to an aromatic ring is 1. The van der Waals surface area contributed by atoms with Gasteiger partial charge in [-0.15, -0.1) is 0 Å². The van der Waals surface area contributed by atoms with Crippen molar-refractivity contribution in [2.45, 2.75) is 10.8 Å². The third-order valence-electron chi connectivity index (χ3n) is 3.80. The van der Waals surface area contributed by atoms with Crippen LogP contribution in [0, 0.1) is 0 Å². The Morgan fingerprint density at radius 1 is 1.38 bits per heavy atom. The molecule has 0 spiro atoms. The number of ether oxygens (including phenoxy) is 2. The van der Waals surface area contributed by atoms with Gasteiger partial charge in [0.1, 0.15) is 22.9 Å². The molecule has 1 aliphatic rings. The Bertz CT molecular complexity index is 952. The van der Waals surface area contributed by atoms with E-state index < -0.39 is 0 Å². The number of aromatic nitrogens is 4. The number of rotatable bonds is 4. The largest absolute Gasteiger partial charge is 0.458 e. The van der Waals surface area contributed by atoms with Crippen LogP contribution in [0.2, 0.25) is 5.15 Å². The summed E-state index contributed by atoms with van der Waals surface area (Å²) in [5, 5.41) is 0.134. The quantitative estimate of drug-likeness (QED) is 0.534. The Labute approximate surface area is 157 Å². The maximum Gasteiger partial charge on any atom is 0.338 e. The number of nitrogens with zero attached hydrogens (tertiary/aromatic N) is 4. The number of esters is 1. The smallest absolute Gasteiger partial charge is 0.338 e. The Hall–Kier alpha value is -2.36. The minimum Gasteiger partial charge on any atom is -0.458 e. The molecule has 0 unspecified atom stereocenters. The highest BCUT2D eigenvalue weighted by Gasteiger charge is 2.30. The molecule has 26 heavy (non-hydrogen) atoms. The summed E-state index contributed by atoms with van der Waals surface area (Å²) in [5.41, 5.74) is 6.94. The van der Waals surface area contributed by atoms with Crippen molar-refractivity contribution in [2.75, 3.05) is 18.9 Å². The van der Waals surface area contributed by atoms with E-state index in [9.17, 15) is 4.79 Å². The summed E-state index contributed by atoms with van der Waals surface area (Å²) in [6.45, 7) is 0.574. The number of carbonyl (C=O) groups is 1. The predicted octanol–water partition coefficient (Wildman–Crippen LogP) is 2.51. The molecule has 4 rings (SSSR count). The van der Waals surface area contributed by atoms with Crippen LogP contribution in [-0.4, -0.2) is 44.1 Å². The van der Waals surface area contributed by atoms with Crippen molar-refractivity contribution in [2.24, 2.45) is 0 Å².